The van der Waals surface area contributed by atoms with Gasteiger partial charge in [0.05, 0.1) is 18.4 Å². The summed E-state index contributed by atoms with van der Waals surface area (Å²) in [5.74, 6) is 1.78. The Hall–Kier alpha value is -2.50. The minimum absolute atomic E-state index is 0.104. The number of halogens is 2. The summed E-state index contributed by atoms with van der Waals surface area (Å²) in [4.78, 5) is 0. The van der Waals surface area contributed by atoms with Crippen LogP contribution in [0.25, 0.3) is 0 Å². The van der Waals surface area contributed by atoms with E-state index in [1.54, 1.807) is 0 Å². The van der Waals surface area contributed by atoms with E-state index in [-0.39, 0.29) is 12.3 Å². The summed E-state index contributed by atoms with van der Waals surface area (Å²) < 4.78 is 13.3. The number of ether oxygens (including phenoxy) is 2. The third-order valence-electron chi connectivity index (χ3n) is 5.86. The zero-order valence-corrected chi connectivity index (χ0v) is 20.1. The van der Waals surface area contributed by atoms with Crippen molar-refractivity contribution in [2.75, 3.05) is 6.61 Å². The van der Waals surface area contributed by atoms with Crippen LogP contribution in [-0.4, -0.2) is 17.3 Å². The predicted octanol–water partition coefficient (Wildman–Crippen LogP) is 7.52. The fourth-order valence-corrected chi connectivity index (χ4v) is 4.66. The smallest absolute Gasteiger partial charge is 0.213 e. The van der Waals surface area contributed by atoms with Crippen molar-refractivity contribution < 1.29 is 9.47 Å². The standard InChI is InChI=1S/C26H24BrClN2O2/c1-2-3-14-31-21-11-6-18(7-12-21)26-30-24(22-15-19(27)8-13-25(22)32-26)16-23(29-30)17-4-9-20(28)10-5-17/h4-13,15,24,26H,2-3,14,16H2,1H3. The molecular weight excluding hydrogens is 488 g/mol. The zero-order chi connectivity index (χ0) is 22.1. The number of fused-ring (bicyclic) bond motifs is 3. The molecule has 2 atom stereocenters. The number of nitrogens with zero attached hydrogens (tertiary/aromatic N) is 2. The molecule has 32 heavy (non-hydrogen) atoms. The maximum atomic E-state index is 6.46. The Morgan fingerprint density at radius 2 is 1.88 bits per heavy atom. The van der Waals surface area contributed by atoms with E-state index in [4.69, 9.17) is 26.2 Å². The van der Waals surface area contributed by atoms with Crippen LogP contribution >= 0.6 is 27.5 Å². The van der Waals surface area contributed by atoms with Crippen molar-refractivity contribution in [1.82, 2.24) is 5.01 Å². The average molecular weight is 512 g/mol. The lowest BCUT2D eigenvalue weighted by atomic mass is 9.96. The molecule has 5 rings (SSSR count). The van der Waals surface area contributed by atoms with E-state index in [0.29, 0.717) is 0 Å². The molecule has 2 unspecified atom stereocenters. The number of benzene rings is 3. The fraction of sp³-hybridized carbons (Fsp3) is 0.269. The average Bonchev–Trinajstić information content (AvgIpc) is 3.26. The zero-order valence-electron chi connectivity index (χ0n) is 17.8. The molecule has 0 saturated carbocycles. The highest BCUT2D eigenvalue weighted by Gasteiger charge is 2.41. The first-order chi connectivity index (χ1) is 15.6. The number of hydrogen-bond acceptors (Lipinski definition) is 4. The molecule has 2 aliphatic rings. The minimum atomic E-state index is -0.303. The second-order valence-corrected chi connectivity index (χ2v) is 9.43. The molecule has 0 aromatic heterocycles. The molecule has 4 nitrogen and oxygen atoms in total. The van der Waals surface area contributed by atoms with Gasteiger partial charge in [-0.25, -0.2) is 5.01 Å². The maximum absolute atomic E-state index is 6.46. The molecule has 2 heterocycles. The minimum Gasteiger partial charge on any atom is -0.494 e. The lowest BCUT2D eigenvalue weighted by molar-refractivity contribution is -0.0191. The second-order valence-electron chi connectivity index (χ2n) is 8.08. The fourth-order valence-electron chi connectivity index (χ4n) is 4.16. The van der Waals surface area contributed by atoms with E-state index >= 15 is 0 Å². The van der Waals surface area contributed by atoms with Crippen LogP contribution in [-0.2, 0) is 0 Å². The first kappa shape index (κ1) is 21.4. The van der Waals surface area contributed by atoms with E-state index in [1.165, 1.54) is 0 Å². The van der Waals surface area contributed by atoms with Gasteiger partial charge in [-0.05, 0) is 66.6 Å². The molecule has 0 bridgehead atoms. The first-order valence-electron chi connectivity index (χ1n) is 10.9. The summed E-state index contributed by atoms with van der Waals surface area (Å²) in [6, 6.07) is 22.3. The maximum Gasteiger partial charge on any atom is 0.213 e. The topological polar surface area (TPSA) is 34.1 Å². The van der Waals surface area contributed by atoms with Crippen LogP contribution in [0.2, 0.25) is 5.02 Å². The van der Waals surface area contributed by atoms with Gasteiger partial charge in [0.25, 0.3) is 0 Å². The van der Waals surface area contributed by atoms with Gasteiger partial charge in [-0.2, -0.15) is 5.10 Å². The summed E-state index contributed by atoms with van der Waals surface area (Å²) in [5, 5.41) is 7.83. The van der Waals surface area contributed by atoms with Crippen LogP contribution in [0, 0.1) is 0 Å². The van der Waals surface area contributed by atoms with Gasteiger partial charge in [0.2, 0.25) is 6.23 Å². The molecule has 0 N–H and O–H groups in total. The number of hydrazone groups is 1. The molecule has 164 valence electrons. The molecule has 0 spiro atoms. The molecule has 3 aromatic rings. The Labute approximate surface area is 201 Å². The summed E-state index contributed by atoms with van der Waals surface area (Å²) in [6.07, 6.45) is 2.68. The summed E-state index contributed by atoms with van der Waals surface area (Å²) >= 11 is 9.70. The Morgan fingerprint density at radius 1 is 1.09 bits per heavy atom. The van der Waals surface area contributed by atoms with Gasteiger partial charge in [0.1, 0.15) is 11.5 Å². The summed E-state index contributed by atoms with van der Waals surface area (Å²) in [6.45, 7) is 2.90. The Morgan fingerprint density at radius 3 is 2.62 bits per heavy atom. The second kappa shape index (κ2) is 9.16. The van der Waals surface area contributed by atoms with Crippen molar-refractivity contribution in [3.05, 3.63) is 92.9 Å². The molecule has 0 amide bonds. The molecule has 0 radical (unpaired) electrons. The van der Waals surface area contributed by atoms with E-state index in [9.17, 15) is 0 Å². The summed E-state index contributed by atoms with van der Waals surface area (Å²) in [5.41, 5.74) is 4.31. The van der Waals surface area contributed by atoms with Gasteiger partial charge >= 0.3 is 0 Å². The molecular formula is C26H24BrClN2O2. The quantitative estimate of drug-likeness (QED) is 0.321. The van der Waals surface area contributed by atoms with Gasteiger partial charge in [0.15, 0.2) is 0 Å². The third-order valence-corrected chi connectivity index (χ3v) is 6.61. The Balaban J connectivity index is 1.48. The van der Waals surface area contributed by atoms with Crippen molar-refractivity contribution >= 4 is 33.2 Å². The lowest BCUT2D eigenvalue weighted by Gasteiger charge is -2.38. The predicted molar refractivity (Wildman–Crippen MR) is 132 cm³/mol. The summed E-state index contributed by atoms with van der Waals surface area (Å²) in [7, 11) is 0. The number of hydrogen-bond donors (Lipinski definition) is 0. The van der Waals surface area contributed by atoms with E-state index in [0.717, 1.165) is 69.3 Å². The first-order valence-corrected chi connectivity index (χ1v) is 12.1. The monoisotopic (exact) mass is 510 g/mol. The van der Waals surface area contributed by atoms with E-state index < -0.39 is 0 Å². The van der Waals surface area contributed by atoms with Crippen molar-refractivity contribution in [2.24, 2.45) is 5.10 Å². The Kier molecular flexibility index (Phi) is 6.11. The highest BCUT2D eigenvalue weighted by atomic mass is 79.9. The lowest BCUT2D eigenvalue weighted by Crippen LogP contribution is -2.33. The SMILES string of the molecule is CCCCOc1ccc(C2Oc3ccc(Br)cc3C3CC(c4ccc(Cl)cc4)=NN32)cc1. The van der Waals surface area contributed by atoms with Crippen molar-refractivity contribution in [3.63, 3.8) is 0 Å². The molecule has 6 heteroatoms. The normalized spacial score (nSPS) is 19.1. The van der Waals surface area contributed by atoms with Crippen molar-refractivity contribution in [2.45, 2.75) is 38.5 Å². The van der Waals surface area contributed by atoms with Gasteiger partial charge in [-0.3, -0.25) is 0 Å². The van der Waals surface area contributed by atoms with E-state index in [2.05, 4.69) is 46.1 Å². The van der Waals surface area contributed by atoms with Gasteiger partial charge < -0.3 is 9.47 Å². The molecule has 0 fully saturated rings. The highest BCUT2D eigenvalue weighted by Crippen LogP contribution is 2.48. The molecule has 3 aromatic carbocycles. The highest BCUT2D eigenvalue weighted by molar-refractivity contribution is 9.10. The van der Waals surface area contributed by atoms with Crippen LogP contribution in [0.1, 0.15) is 55.1 Å². The number of unbranched alkanes of at least 4 members (excludes halogenated alkanes) is 1. The van der Waals surface area contributed by atoms with Crippen LogP contribution in [0.3, 0.4) is 0 Å². The van der Waals surface area contributed by atoms with E-state index in [1.807, 2.05) is 48.5 Å². The van der Waals surface area contributed by atoms with Crippen molar-refractivity contribution in [1.29, 1.82) is 0 Å². The van der Waals surface area contributed by atoms with Gasteiger partial charge in [0, 0.05) is 27.0 Å². The van der Waals surface area contributed by atoms with Gasteiger partial charge in [-0.15, -0.1) is 0 Å². The van der Waals surface area contributed by atoms with Gasteiger partial charge in [-0.1, -0.05) is 53.0 Å². The molecule has 2 aliphatic heterocycles. The van der Waals surface area contributed by atoms with Crippen molar-refractivity contribution in [3.8, 4) is 11.5 Å². The Bertz CT molecular complexity index is 1130. The van der Waals surface area contributed by atoms with Crippen LogP contribution in [0.5, 0.6) is 11.5 Å². The van der Waals surface area contributed by atoms with Crippen LogP contribution in [0.4, 0.5) is 0 Å². The number of rotatable bonds is 6. The molecule has 0 saturated heterocycles. The largest absolute Gasteiger partial charge is 0.494 e. The third kappa shape index (κ3) is 4.24. The van der Waals surface area contributed by atoms with Crippen LogP contribution < -0.4 is 9.47 Å². The van der Waals surface area contributed by atoms with Crippen LogP contribution in [0.15, 0.2) is 76.3 Å². The molecule has 0 aliphatic carbocycles.